The minimum Gasteiger partial charge on any atom is -0.356 e. The molecule has 1 N–H and O–H groups in total. The van der Waals surface area contributed by atoms with Crippen LogP contribution in [0.2, 0.25) is 0 Å². The zero-order valence-electron chi connectivity index (χ0n) is 13.1. The van der Waals surface area contributed by atoms with Gasteiger partial charge in [0.2, 0.25) is 0 Å². The highest BCUT2D eigenvalue weighted by molar-refractivity contribution is 5.79. The van der Waals surface area contributed by atoms with E-state index in [0.717, 1.165) is 24.6 Å². The summed E-state index contributed by atoms with van der Waals surface area (Å²) < 4.78 is 13.2. The lowest BCUT2D eigenvalue weighted by atomic mass is 10.1. The van der Waals surface area contributed by atoms with Crippen LogP contribution in [0.15, 0.2) is 29.3 Å². The molecule has 1 unspecified atom stereocenters. The molecular formula is C16H25FN4. The first-order valence-corrected chi connectivity index (χ1v) is 7.43. The molecule has 1 aliphatic heterocycles. The number of likely N-dealkylation sites (tertiary alicyclic amines) is 1. The van der Waals surface area contributed by atoms with Gasteiger partial charge in [-0.3, -0.25) is 4.99 Å². The van der Waals surface area contributed by atoms with Crippen LogP contribution in [0.4, 0.5) is 4.39 Å². The van der Waals surface area contributed by atoms with Crippen LogP contribution in [-0.4, -0.2) is 56.5 Å². The summed E-state index contributed by atoms with van der Waals surface area (Å²) in [7, 11) is 5.91. The normalized spacial score (nSPS) is 19.8. The topological polar surface area (TPSA) is 30.9 Å². The van der Waals surface area contributed by atoms with Crippen molar-refractivity contribution in [1.29, 1.82) is 0 Å². The Balaban J connectivity index is 1.85. The predicted molar refractivity (Wildman–Crippen MR) is 84.8 cm³/mol. The van der Waals surface area contributed by atoms with Gasteiger partial charge in [-0.2, -0.15) is 0 Å². The Labute approximate surface area is 126 Å². The minimum atomic E-state index is -0.196. The molecule has 0 bridgehead atoms. The number of nitrogens with one attached hydrogen (secondary N) is 1. The zero-order chi connectivity index (χ0) is 15.2. The molecule has 4 nitrogen and oxygen atoms in total. The molecule has 2 rings (SSSR count). The molecule has 21 heavy (non-hydrogen) atoms. The third-order valence-electron chi connectivity index (χ3n) is 3.92. The molecule has 1 aliphatic rings. The van der Waals surface area contributed by atoms with Crippen molar-refractivity contribution in [2.24, 2.45) is 10.9 Å². The molecule has 0 spiro atoms. The smallest absolute Gasteiger partial charge is 0.193 e. The van der Waals surface area contributed by atoms with Gasteiger partial charge in [-0.25, -0.2) is 4.39 Å². The second-order valence-corrected chi connectivity index (χ2v) is 5.83. The van der Waals surface area contributed by atoms with Crippen molar-refractivity contribution in [3.05, 3.63) is 35.6 Å². The maximum atomic E-state index is 13.2. The van der Waals surface area contributed by atoms with Crippen molar-refractivity contribution >= 4 is 5.96 Å². The van der Waals surface area contributed by atoms with Gasteiger partial charge < -0.3 is 15.1 Å². The molecule has 0 aromatic heterocycles. The number of nitrogens with zero attached hydrogens (tertiary/aromatic N) is 3. The molecule has 5 heteroatoms. The maximum absolute atomic E-state index is 13.2. The Hall–Kier alpha value is -1.62. The van der Waals surface area contributed by atoms with Gasteiger partial charge in [-0.05, 0) is 43.6 Å². The van der Waals surface area contributed by atoms with Crippen LogP contribution in [0.1, 0.15) is 12.0 Å². The maximum Gasteiger partial charge on any atom is 0.193 e. The van der Waals surface area contributed by atoms with Gasteiger partial charge in [0, 0.05) is 33.7 Å². The summed E-state index contributed by atoms with van der Waals surface area (Å²) in [5.74, 6) is 1.33. The summed E-state index contributed by atoms with van der Waals surface area (Å²) >= 11 is 0. The predicted octanol–water partition coefficient (Wildman–Crippen LogP) is 1.78. The van der Waals surface area contributed by atoms with Gasteiger partial charge in [0.05, 0.1) is 0 Å². The molecular weight excluding hydrogens is 267 g/mol. The van der Waals surface area contributed by atoms with Crippen molar-refractivity contribution in [2.45, 2.75) is 13.0 Å². The van der Waals surface area contributed by atoms with Crippen LogP contribution in [0.3, 0.4) is 0 Å². The van der Waals surface area contributed by atoms with E-state index in [1.807, 2.05) is 18.0 Å². The van der Waals surface area contributed by atoms with Gasteiger partial charge in [-0.15, -0.1) is 0 Å². The molecule has 1 fully saturated rings. The second-order valence-electron chi connectivity index (χ2n) is 5.83. The molecule has 0 saturated carbocycles. The van der Waals surface area contributed by atoms with E-state index >= 15 is 0 Å². The van der Waals surface area contributed by atoms with Crippen molar-refractivity contribution in [3.63, 3.8) is 0 Å². The van der Waals surface area contributed by atoms with E-state index in [2.05, 4.69) is 22.3 Å². The number of halogens is 1. The molecule has 0 radical (unpaired) electrons. The quantitative estimate of drug-likeness (QED) is 0.678. The van der Waals surface area contributed by atoms with Crippen molar-refractivity contribution in [3.8, 4) is 0 Å². The summed E-state index contributed by atoms with van der Waals surface area (Å²) in [6.45, 7) is 3.88. The van der Waals surface area contributed by atoms with E-state index in [1.54, 1.807) is 19.2 Å². The highest BCUT2D eigenvalue weighted by atomic mass is 19.1. The average Bonchev–Trinajstić information content (AvgIpc) is 2.85. The first-order valence-electron chi connectivity index (χ1n) is 7.43. The Kier molecular flexibility index (Phi) is 5.56. The fraction of sp³-hybridized carbons (Fsp3) is 0.562. The lowest BCUT2D eigenvalue weighted by Gasteiger charge is -2.23. The lowest BCUT2D eigenvalue weighted by Crippen LogP contribution is -2.41. The molecule has 1 atom stereocenters. The van der Waals surface area contributed by atoms with Crippen molar-refractivity contribution in [2.75, 3.05) is 40.8 Å². The van der Waals surface area contributed by atoms with Crippen molar-refractivity contribution in [1.82, 2.24) is 15.1 Å². The summed E-state index contributed by atoms with van der Waals surface area (Å²) in [5, 5.41) is 3.42. The number of rotatable bonds is 4. The Bertz CT molecular complexity index is 489. The molecule has 0 aliphatic carbocycles. The first kappa shape index (κ1) is 15.8. The number of hydrogen-bond donors (Lipinski definition) is 1. The van der Waals surface area contributed by atoms with E-state index in [9.17, 15) is 4.39 Å². The van der Waals surface area contributed by atoms with Crippen LogP contribution in [0, 0.1) is 11.7 Å². The standard InChI is InChI=1S/C16H25FN4/c1-18-16(19-10-14-7-8-20(2)11-14)21(3)12-13-5-4-6-15(17)9-13/h4-6,9,14H,7-8,10-12H2,1-3H3,(H,18,19). The number of guanidine groups is 1. The Morgan fingerprint density at radius 3 is 2.95 bits per heavy atom. The fourth-order valence-electron chi connectivity index (χ4n) is 2.80. The molecule has 116 valence electrons. The first-order chi connectivity index (χ1) is 10.1. The minimum absolute atomic E-state index is 0.196. The van der Waals surface area contributed by atoms with Gasteiger partial charge in [0.1, 0.15) is 5.82 Å². The monoisotopic (exact) mass is 292 g/mol. The van der Waals surface area contributed by atoms with Crippen LogP contribution in [0.25, 0.3) is 0 Å². The molecule has 0 amide bonds. The van der Waals surface area contributed by atoms with Crippen LogP contribution in [-0.2, 0) is 6.54 Å². The summed E-state index contributed by atoms with van der Waals surface area (Å²) in [6.07, 6.45) is 1.23. The van der Waals surface area contributed by atoms with Gasteiger partial charge in [0.25, 0.3) is 0 Å². The van der Waals surface area contributed by atoms with Crippen molar-refractivity contribution < 1.29 is 4.39 Å². The van der Waals surface area contributed by atoms with E-state index in [4.69, 9.17) is 0 Å². The zero-order valence-corrected chi connectivity index (χ0v) is 13.1. The van der Waals surface area contributed by atoms with Gasteiger partial charge in [0.15, 0.2) is 5.96 Å². The Morgan fingerprint density at radius 2 is 2.33 bits per heavy atom. The van der Waals surface area contributed by atoms with Crippen LogP contribution in [0.5, 0.6) is 0 Å². The SMILES string of the molecule is CN=C(NCC1CCN(C)C1)N(C)Cc1cccc(F)c1. The van der Waals surface area contributed by atoms with E-state index in [-0.39, 0.29) is 5.82 Å². The highest BCUT2D eigenvalue weighted by Crippen LogP contribution is 2.13. The number of aliphatic imine (C=N–C) groups is 1. The number of hydrogen-bond acceptors (Lipinski definition) is 2. The van der Waals surface area contributed by atoms with E-state index in [0.29, 0.717) is 12.5 Å². The third-order valence-corrected chi connectivity index (χ3v) is 3.92. The van der Waals surface area contributed by atoms with Gasteiger partial charge in [-0.1, -0.05) is 12.1 Å². The number of benzene rings is 1. The lowest BCUT2D eigenvalue weighted by molar-refractivity contribution is 0.390. The molecule has 1 aromatic rings. The highest BCUT2D eigenvalue weighted by Gasteiger charge is 2.19. The summed E-state index contributed by atoms with van der Waals surface area (Å²) in [4.78, 5) is 8.68. The van der Waals surface area contributed by atoms with E-state index < -0.39 is 0 Å². The Morgan fingerprint density at radius 1 is 1.52 bits per heavy atom. The molecule has 1 saturated heterocycles. The second kappa shape index (κ2) is 7.41. The molecule has 1 aromatic carbocycles. The summed E-state index contributed by atoms with van der Waals surface area (Å²) in [6, 6.07) is 6.70. The summed E-state index contributed by atoms with van der Waals surface area (Å²) in [5.41, 5.74) is 0.945. The average molecular weight is 292 g/mol. The van der Waals surface area contributed by atoms with E-state index in [1.165, 1.54) is 19.0 Å². The fourth-order valence-corrected chi connectivity index (χ4v) is 2.80. The van der Waals surface area contributed by atoms with Gasteiger partial charge >= 0.3 is 0 Å². The largest absolute Gasteiger partial charge is 0.356 e. The third kappa shape index (κ3) is 4.70. The van der Waals surface area contributed by atoms with Crippen LogP contribution >= 0.6 is 0 Å². The van der Waals surface area contributed by atoms with Crippen LogP contribution < -0.4 is 5.32 Å². The molecule has 1 heterocycles.